The van der Waals surface area contributed by atoms with Crippen molar-refractivity contribution in [3.63, 3.8) is 0 Å². The first kappa shape index (κ1) is 12.9. The summed E-state index contributed by atoms with van der Waals surface area (Å²) >= 11 is 1.54. The number of hydrogen-bond donors (Lipinski definition) is 0. The molecule has 0 N–H and O–H groups in total. The lowest BCUT2D eigenvalue weighted by Crippen LogP contribution is -2.22. The highest BCUT2D eigenvalue weighted by atomic mass is 32.1. The van der Waals surface area contributed by atoms with Crippen LogP contribution in [0.2, 0.25) is 0 Å². The summed E-state index contributed by atoms with van der Waals surface area (Å²) in [5, 5.41) is 1.95. The average molecular weight is 286 g/mol. The van der Waals surface area contributed by atoms with Crippen LogP contribution in [0.25, 0.3) is 11.6 Å². The first-order valence-electron chi connectivity index (χ1n) is 6.31. The molecular weight excluding hydrogens is 272 g/mol. The summed E-state index contributed by atoms with van der Waals surface area (Å²) in [6, 6.07) is 7.56. The number of thiophene rings is 1. The number of furan rings is 1. The van der Waals surface area contributed by atoms with Crippen molar-refractivity contribution in [1.29, 1.82) is 0 Å². The van der Waals surface area contributed by atoms with Gasteiger partial charge in [0.05, 0.1) is 11.8 Å². The Kier molecular flexibility index (Phi) is 3.10. The number of esters is 1. The molecule has 0 unspecified atom stereocenters. The number of ether oxygens (including phenoxy) is 1. The van der Waals surface area contributed by atoms with E-state index >= 15 is 0 Å². The molecule has 0 amide bonds. The molecule has 0 aromatic carbocycles. The number of rotatable bonds is 3. The van der Waals surface area contributed by atoms with Crippen molar-refractivity contribution >= 4 is 29.0 Å². The summed E-state index contributed by atoms with van der Waals surface area (Å²) < 4.78 is 10.8. The van der Waals surface area contributed by atoms with Crippen LogP contribution in [0.1, 0.15) is 24.5 Å². The Hall–Kier alpha value is -2.07. The van der Waals surface area contributed by atoms with Crippen molar-refractivity contribution in [3.05, 3.63) is 58.2 Å². The molecule has 0 fully saturated rings. The van der Waals surface area contributed by atoms with Crippen LogP contribution in [-0.4, -0.2) is 11.6 Å². The molecule has 1 aliphatic heterocycles. The predicted molar refractivity (Wildman–Crippen MR) is 79.2 cm³/mol. The van der Waals surface area contributed by atoms with Crippen LogP contribution in [0.5, 0.6) is 0 Å². The Morgan fingerprint density at radius 1 is 1.20 bits per heavy atom. The van der Waals surface area contributed by atoms with Crippen LogP contribution >= 0.6 is 11.3 Å². The van der Waals surface area contributed by atoms with Crippen LogP contribution in [0, 0.1) is 0 Å². The third-order valence-electron chi connectivity index (χ3n) is 3.19. The predicted octanol–water partition coefficient (Wildman–Crippen LogP) is 4.14. The lowest BCUT2D eigenvalue weighted by Gasteiger charge is -2.18. The van der Waals surface area contributed by atoms with E-state index < -0.39 is 5.60 Å². The van der Waals surface area contributed by atoms with E-state index in [2.05, 4.69) is 0 Å². The Morgan fingerprint density at radius 3 is 2.70 bits per heavy atom. The Balaban J connectivity index is 2.07. The third kappa shape index (κ3) is 2.23. The third-order valence-corrected chi connectivity index (χ3v) is 4.08. The van der Waals surface area contributed by atoms with E-state index in [4.69, 9.17) is 9.15 Å². The van der Waals surface area contributed by atoms with Crippen LogP contribution < -0.4 is 0 Å². The number of carbonyl (C=O) groups is 1. The topological polar surface area (TPSA) is 39.4 Å². The van der Waals surface area contributed by atoms with E-state index in [0.29, 0.717) is 5.57 Å². The van der Waals surface area contributed by atoms with E-state index in [1.165, 1.54) is 11.3 Å². The minimum absolute atomic E-state index is 0.267. The molecule has 0 aliphatic carbocycles. The lowest BCUT2D eigenvalue weighted by atomic mass is 9.94. The normalized spacial score (nSPS) is 18.0. The molecule has 1 aliphatic rings. The standard InChI is InChI=1S/C16H14O3S/c1-16(2)12(8-7-11-5-3-9-18-11)14(15(17)19-16)13-6-4-10-20-13/h3-10H,1-2H3. The van der Waals surface area contributed by atoms with Crippen molar-refractivity contribution in [2.75, 3.05) is 0 Å². The first-order chi connectivity index (χ1) is 9.58. The molecular formula is C16H14O3S. The number of carbonyl (C=O) groups excluding carboxylic acids is 1. The molecule has 0 radical (unpaired) electrons. The fraction of sp³-hybridized carbons (Fsp3) is 0.188. The van der Waals surface area contributed by atoms with Gasteiger partial charge in [0.1, 0.15) is 11.4 Å². The van der Waals surface area contributed by atoms with Crippen LogP contribution in [-0.2, 0) is 9.53 Å². The molecule has 20 heavy (non-hydrogen) atoms. The summed E-state index contributed by atoms with van der Waals surface area (Å²) in [4.78, 5) is 13.1. The zero-order valence-electron chi connectivity index (χ0n) is 11.3. The maximum absolute atomic E-state index is 12.1. The van der Waals surface area contributed by atoms with Crippen molar-refractivity contribution in [3.8, 4) is 0 Å². The van der Waals surface area contributed by atoms with Gasteiger partial charge in [0.15, 0.2) is 0 Å². The van der Waals surface area contributed by atoms with Crippen LogP contribution in [0.4, 0.5) is 0 Å². The van der Waals surface area contributed by atoms with Crippen molar-refractivity contribution in [2.24, 2.45) is 0 Å². The lowest BCUT2D eigenvalue weighted by molar-refractivity contribution is -0.142. The van der Waals surface area contributed by atoms with Crippen molar-refractivity contribution in [1.82, 2.24) is 0 Å². The van der Waals surface area contributed by atoms with Gasteiger partial charge >= 0.3 is 5.97 Å². The second kappa shape index (κ2) is 4.80. The molecule has 3 nitrogen and oxygen atoms in total. The van der Waals surface area contributed by atoms with Gasteiger partial charge in [-0.1, -0.05) is 12.1 Å². The maximum atomic E-state index is 12.1. The monoisotopic (exact) mass is 286 g/mol. The first-order valence-corrected chi connectivity index (χ1v) is 7.19. The molecule has 3 heterocycles. The van der Waals surface area contributed by atoms with Gasteiger partial charge in [0, 0.05) is 10.5 Å². The fourth-order valence-electron chi connectivity index (χ4n) is 2.24. The molecule has 2 aromatic rings. The molecule has 0 spiro atoms. The minimum atomic E-state index is -0.625. The summed E-state index contributed by atoms with van der Waals surface area (Å²) in [6.07, 6.45) is 5.38. The summed E-state index contributed by atoms with van der Waals surface area (Å²) in [7, 11) is 0. The second-order valence-corrected chi connectivity index (χ2v) is 5.96. The minimum Gasteiger partial charge on any atom is -0.465 e. The van der Waals surface area contributed by atoms with Crippen molar-refractivity contribution in [2.45, 2.75) is 19.4 Å². The zero-order valence-corrected chi connectivity index (χ0v) is 12.1. The van der Waals surface area contributed by atoms with Crippen LogP contribution in [0.3, 0.4) is 0 Å². The van der Waals surface area contributed by atoms with E-state index in [9.17, 15) is 4.79 Å². The molecule has 0 saturated heterocycles. The van der Waals surface area contributed by atoms with E-state index in [1.807, 2.05) is 55.6 Å². The molecule has 0 saturated carbocycles. The van der Waals surface area contributed by atoms with Gasteiger partial charge in [0.2, 0.25) is 0 Å². The average Bonchev–Trinajstić information content (AvgIpc) is 3.07. The number of hydrogen-bond acceptors (Lipinski definition) is 4. The molecule has 0 atom stereocenters. The Morgan fingerprint density at radius 2 is 2.05 bits per heavy atom. The Labute approximate surface area is 121 Å². The molecule has 102 valence electrons. The van der Waals surface area contributed by atoms with Gasteiger partial charge in [-0.2, -0.15) is 0 Å². The van der Waals surface area contributed by atoms with E-state index in [0.717, 1.165) is 16.2 Å². The molecule has 0 bridgehead atoms. The summed E-state index contributed by atoms with van der Waals surface area (Å²) in [6.45, 7) is 3.79. The maximum Gasteiger partial charge on any atom is 0.340 e. The highest BCUT2D eigenvalue weighted by Gasteiger charge is 2.39. The summed E-state index contributed by atoms with van der Waals surface area (Å²) in [5.74, 6) is 0.481. The van der Waals surface area contributed by atoms with Gasteiger partial charge in [-0.3, -0.25) is 0 Å². The second-order valence-electron chi connectivity index (χ2n) is 5.01. The highest BCUT2D eigenvalue weighted by molar-refractivity contribution is 7.11. The van der Waals surface area contributed by atoms with Gasteiger partial charge in [0.25, 0.3) is 0 Å². The van der Waals surface area contributed by atoms with Crippen molar-refractivity contribution < 1.29 is 13.9 Å². The smallest absolute Gasteiger partial charge is 0.340 e. The van der Waals surface area contributed by atoms with Crippen LogP contribution in [0.15, 0.2) is 52.0 Å². The van der Waals surface area contributed by atoms with E-state index in [1.54, 1.807) is 6.26 Å². The molecule has 2 aromatic heterocycles. The van der Waals surface area contributed by atoms with Gasteiger partial charge in [-0.05, 0) is 43.5 Å². The largest absolute Gasteiger partial charge is 0.465 e. The fourth-order valence-corrected chi connectivity index (χ4v) is 3.01. The molecule has 3 rings (SSSR count). The summed E-state index contributed by atoms with van der Waals surface area (Å²) in [5.41, 5.74) is 0.897. The Bertz CT molecular complexity index is 673. The van der Waals surface area contributed by atoms with Gasteiger partial charge in [-0.25, -0.2) is 4.79 Å². The SMILES string of the molecule is CC1(C)OC(=O)C(c2cccs2)=C1C=Cc1ccco1. The number of cyclic esters (lactones) is 1. The highest BCUT2D eigenvalue weighted by Crippen LogP contribution is 2.40. The van der Waals surface area contributed by atoms with Gasteiger partial charge < -0.3 is 9.15 Å². The van der Waals surface area contributed by atoms with E-state index in [-0.39, 0.29) is 5.97 Å². The molecule has 4 heteroatoms. The quantitative estimate of drug-likeness (QED) is 0.796. The van der Waals surface area contributed by atoms with Gasteiger partial charge in [-0.15, -0.1) is 11.3 Å². The zero-order chi connectivity index (χ0) is 14.2.